The van der Waals surface area contributed by atoms with E-state index in [0.29, 0.717) is 19.4 Å². The van der Waals surface area contributed by atoms with Crippen molar-refractivity contribution >= 4 is 11.9 Å². The van der Waals surface area contributed by atoms with Crippen LogP contribution in [0.25, 0.3) is 0 Å². The van der Waals surface area contributed by atoms with Gasteiger partial charge in [0.25, 0.3) is 0 Å². The molecule has 0 rings (SSSR count). The maximum atomic E-state index is 12.6. The monoisotopic (exact) mass is 841 g/mol. The number of unbranched alkanes of at least 4 members (excludes halogenated alkanes) is 29. The van der Waals surface area contributed by atoms with Crippen LogP contribution in [0.1, 0.15) is 265 Å². The van der Waals surface area contributed by atoms with Crippen molar-refractivity contribution in [3.05, 3.63) is 48.6 Å². The van der Waals surface area contributed by atoms with Gasteiger partial charge < -0.3 is 14.2 Å². The number of allylic oxidation sites excluding steroid dienone is 8. The van der Waals surface area contributed by atoms with E-state index in [1.807, 2.05) is 0 Å². The summed E-state index contributed by atoms with van der Waals surface area (Å²) < 4.78 is 17.3. The summed E-state index contributed by atoms with van der Waals surface area (Å²) in [6, 6.07) is 0. The predicted molar refractivity (Wildman–Crippen MR) is 261 cm³/mol. The number of hydrogen-bond acceptors (Lipinski definition) is 5. The van der Waals surface area contributed by atoms with Crippen LogP contribution in [0.4, 0.5) is 0 Å². The number of esters is 2. The van der Waals surface area contributed by atoms with Gasteiger partial charge in [-0.05, 0) is 83.5 Å². The first-order valence-corrected chi connectivity index (χ1v) is 26.2. The van der Waals surface area contributed by atoms with E-state index in [0.717, 1.165) is 57.8 Å². The Kier molecular flexibility index (Phi) is 49.4. The number of carbonyl (C=O) groups is 2. The van der Waals surface area contributed by atoms with Crippen LogP contribution in [0.2, 0.25) is 0 Å². The van der Waals surface area contributed by atoms with Crippen molar-refractivity contribution in [3.63, 3.8) is 0 Å². The lowest BCUT2D eigenvalue weighted by atomic mass is 10.1. The van der Waals surface area contributed by atoms with Gasteiger partial charge in [-0.2, -0.15) is 0 Å². The maximum Gasteiger partial charge on any atom is 0.306 e. The molecular weight excluding hydrogens is 741 g/mol. The van der Waals surface area contributed by atoms with Crippen molar-refractivity contribution in [2.75, 3.05) is 19.8 Å². The molecule has 60 heavy (non-hydrogen) atoms. The van der Waals surface area contributed by atoms with Crippen molar-refractivity contribution in [3.8, 4) is 0 Å². The molecule has 5 heteroatoms. The topological polar surface area (TPSA) is 61.8 Å². The van der Waals surface area contributed by atoms with E-state index in [1.165, 1.54) is 173 Å². The molecule has 0 N–H and O–H groups in total. The maximum absolute atomic E-state index is 12.6. The van der Waals surface area contributed by atoms with E-state index >= 15 is 0 Å². The van der Waals surface area contributed by atoms with Gasteiger partial charge in [0.15, 0.2) is 6.10 Å². The first kappa shape index (κ1) is 57.9. The zero-order chi connectivity index (χ0) is 43.5. The van der Waals surface area contributed by atoms with Gasteiger partial charge in [-0.15, -0.1) is 0 Å². The van der Waals surface area contributed by atoms with Crippen LogP contribution in [-0.4, -0.2) is 37.9 Å². The molecule has 0 amide bonds. The summed E-state index contributed by atoms with van der Waals surface area (Å²) in [5, 5.41) is 0. The second kappa shape index (κ2) is 51.2. The Morgan fingerprint density at radius 3 is 1.13 bits per heavy atom. The van der Waals surface area contributed by atoms with E-state index < -0.39 is 6.10 Å². The van der Waals surface area contributed by atoms with Gasteiger partial charge in [0.1, 0.15) is 6.61 Å². The molecule has 0 heterocycles. The lowest BCUT2D eigenvalue weighted by Gasteiger charge is -2.18. The molecule has 350 valence electrons. The third-order valence-corrected chi connectivity index (χ3v) is 11.3. The smallest absolute Gasteiger partial charge is 0.306 e. The van der Waals surface area contributed by atoms with Crippen LogP contribution >= 0.6 is 0 Å². The van der Waals surface area contributed by atoms with Gasteiger partial charge in [-0.3, -0.25) is 9.59 Å². The number of rotatable bonds is 48. The third kappa shape index (κ3) is 48.5. The molecule has 0 bridgehead atoms. The summed E-state index contributed by atoms with van der Waals surface area (Å²) in [4.78, 5) is 25.1. The Balaban J connectivity index is 3.99. The summed E-state index contributed by atoms with van der Waals surface area (Å²) >= 11 is 0. The summed E-state index contributed by atoms with van der Waals surface area (Å²) in [5.74, 6) is -0.408. The van der Waals surface area contributed by atoms with Crippen LogP contribution in [-0.2, 0) is 23.8 Å². The molecule has 1 atom stereocenters. The van der Waals surface area contributed by atoms with Crippen LogP contribution in [0.3, 0.4) is 0 Å². The molecular formula is C55H100O5. The average Bonchev–Trinajstić information content (AvgIpc) is 3.25. The largest absolute Gasteiger partial charge is 0.462 e. The molecule has 0 aliphatic rings. The average molecular weight is 841 g/mol. The van der Waals surface area contributed by atoms with Crippen molar-refractivity contribution in [2.45, 2.75) is 271 Å². The summed E-state index contributed by atoms with van der Waals surface area (Å²) in [6.45, 7) is 7.73. The lowest BCUT2D eigenvalue weighted by Crippen LogP contribution is -2.30. The molecule has 0 saturated carbocycles. The van der Waals surface area contributed by atoms with Crippen molar-refractivity contribution in [1.29, 1.82) is 0 Å². The third-order valence-electron chi connectivity index (χ3n) is 11.3. The quantitative estimate of drug-likeness (QED) is 0.0347. The zero-order valence-electron chi connectivity index (χ0n) is 40.2. The number of ether oxygens (including phenoxy) is 3. The molecule has 0 aromatic heterocycles. The molecule has 0 aromatic carbocycles. The van der Waals surface area contributed by atoms with E-state index in [2.05, 4.69) is 69.4 Å². The summed E-state index contributed by atoms with van der Waals surface area (Å²) in [7, 11) is 0. The zero-order valence-corrected chi connectivity index (χ0v) is 40.2. The van der Waals surface area contributed by atoms with Gasteiger partial charge in [-0.1, -0.05) is 217 Å². The molecule has 0 spiro atoms. The van der Waals surface area contributed by atoms with Crippen molar-refractivity contribution < 1.29 is 23.8 Å². The van der Waals surface area contributed by atoms with Gasteiger partial charge in [0.05, 0.1) is 6.61 Å². The van der Waals surface area contributed by atoms with E-state index in [-0.39, 0.29) is 25.2 Å². The minimum absolute atomic E-state index is 0.0833. The first-order valence-electron chi connectivity index (χ1n) is 26.2. The Hall–Kier alpha value is -2.14. The molecule has 0 fully saturated rings. The molecule has 0 aliphatic carbocycles. The SMILES string of the molecule is CCCCC/C=C\C/C=C\CCCCCCCCCCCCOCC(COC(=O)CCCCCCCCCCC/C=C\C/C=C\CCCCC)OC(=O)CCCCCCC. The summed E-state index contributed by atoms with van der Waals surface area (Å²) in [6.07, 6.45) is 62.9. The van der Waals surface area contributed by atoms with Crippen LogP contribution < -0.4 is 0 Å². The Bertz CT molecular complexity index is 997. The van der Waals surface area contributed by atoms with Gasteiger partial charge in [0.2, 0.25) is 0 Å². The molecule has 5 nitrogen and oxygen atoms in total. The highest BCUT2D eigenvalue weighted by atomic mass is 16.6. The van der Waals surface area contributed by atoms with Gasteiger partial charge >= 0.3 is 11.9 Å². The molecule has 1 unspecified atom stereocenters. The Morgan fingerprint density at radius 2 is 0.700 bits per heavy atom. The first-order chi connectivity index (χ1) is 29.6. The number of carbonyl (C=O) groups excluding carboxylic acids is 2. The summed E-state index contributed by atoms with van der Waals surface area (Å²) in [5.41, 5.74) is 0. The fourth-order valence-electron chi connectivity index (χ4n) is 7.39. The molecule has 0 radical (unpaired) electrons. The highest BCUT2D eigenvalue weighted by molar-refractivity contribution is 5.70. The van der Waals surface area contributed by atoms with Crippen LogP contribution in [0.5, 0.6) is 0 Å². The highest BCUT2D eigenvalue weighted by Gasteiger charge is 2.17. The van der Waals surface area contributed by atoms with Crippen molar-refractivity contribution in [1.82, 2.24) is 0 Å². The molecule has 0 aromatic rings. The van der Waals surface area contributed by atoms with Gasteiger partial charge in [0, 0.05) is 19.4 Å². The predicted octanol–water partition coefficient (Wildman–Crippen LogP) is 17.6. The molecule has 0 saturated heterocycles. The van der Waals surface area contributed by atoms with Crippen molar-refractivity contribution in [2.24, 2.45) is 0 Å². The minimum atomic E-state index is -0.534. The Morgan fingerprint density at radius 1 is 0.367 bits per heavy atom. The lowest BCUT2D eigenvalue weighted by molar-refractivity contribution is -0.163. The Labute approximate surface area is 373 Å². The molecule has 0 aliphatic heterocycles. The second-order valence-corrected chi connectivity index (χ2v) is 17.4. The van der Waals surface area contributed by atoms with Gasteiger partial charge in [-0.25, -0.2) is 0 Å². The number of hydrogen-bond donors (Lipinski definition) is 0. The fraction of sp³-hybridized carbons (Fsp3) is 0.818. The van der Waals surface area contributed by atoms with Crippen LogP contribution in [0, 0.1) is 0 Å². The van der Waals surface area contributed by atoms with Crippen LogP contribution in [0.15, 0.2) is 48.6 Å². The fourth-order valence-corrected chi connectivity index (χ4v) is 7.39. The highest BCUT2D eigenvalue weighted by Crippen LogP contribution is 2.15. The van der Waals surface area contributed by atoms with E-state index in [1.54, 1.807) is 0 Å². The van der Waals surface area contributed by atoms with E-state index in [9.17, 15) is 9.59 Å². The standard InChI is InChI=1S/C55H100O5/c1-4-7-10-13-15-17-19-21-23-25-27-29-31-33-35-37-39-41-44-47-50-58-51-53(60-55(57)49-46-42-12-9-6-3)52-59-54(56)48-45-43-40-38-36-34-32-30-28-26-24-22-20-18-16-14-11-8-5-2/h15-18,21-24,53H,4-14,19-20,25-52H2,1-3H3/b17-15-,18-16-,23-21-,24-22-. The van der Waals surface area contributed by atoms with E-state index in [4.69, 9.17) is 14.2 Å². The second-order valence-electron chi connectivity index (χ2n) is 17.4. The minimum Gasteiger partial charge on any atom is -0.462 e. The normalized spacial score (nSPS) is 12.5.